The molecule has 8 heteroatoms. The van der Waals surface area contributed by atoms with Gasteiger partial charge in [-0.25, -0.2) is 0 Å². The van der Waals surface area contributed by atoms with Crippen LogP contribution in [-0.2, 0) is 36.0 Å². The molecule has 0 unspecified atom stereocenters. The number of hydrogen-bond donors (Lipinski definition) is 1. The van der Waals surface area contributed by atoms with Crippen LogP contribution in [0.5, 0.6) is 0 Å². The van der Waals surface area contributed by atoms with Gasteiger partial charge in [-0.3, -0.25) is 4.79 Å². The topological polar surface area (TPSA) is 74.0 Å². The van der Waals surface area contributed by atoms with E-state index in [1.54, 1.807) is 7.11 Å². The lowest BCUT2D eigenvalue weighted by Gasteiger charge is -2.10. The van der Waals surface area contributed by atoms with E-state index in [0.29, 0.717) is 19.6 Å². The average Bonchev–Trinajstić information content (AvgIpc) is 3.36. The van der Waals surface area contributed by atoms with Crippen molar-refractivity contribution in [3.05, 3.63) is 59.7 Å². The fourth-order valence-corrected chi connectivity index (χ4v) is 4.05. The Bertz CT molecular complexity index is 965. The molecule has 2 heterocycles. The molecular formula is C23H31N5O2S. The van der Waals surface area contributed by atoms with Crippen LogP contribution in [0.1, 0.15) is 36.8 Å². The Morgan fingerprint density at radius 1 is 1.19 bits per heavy atom. The summed E-state index contributed by atoms with van der Waals surface area (Å²) < 4.78 is 9.36. The van der Waals surface area contributed by atoms with E-state index in [9.17, 15) is 4.79 Å². The van der Waals surface area contributed by atoms with E-state index in [2.05, 4.69) is 45.2 Å². The second-order valence-corrected chi connectivity index (χ2v) is 8.41. The van der Waals surface area contributed by atoms with Gasteiger partial charge in [0.05, 0.1) is 12.4 Å². The number of ether oxygens (including phenoxy) is 1. The fourth-order valence-electron chi connectivity index (χ4n) is 3.27. The number of methoxy groups -OCH3 is 1. The Morgan fingerprint density at radius 2 is 2.00 bits per heavy atom. The lowest BCUT2D eigenvalue weighted by molar-refractivity contribution is -0.113. The summed E-state index contributed by atoms with van der Waals surface area (Å²) >= 11 is 1.39. The van der Waals surface area contributed by atoms with E-state index in [0.717, 1.165) is 28.8 Å². The van der Waals surface area contributed by atoms with Gasteiger partial charge in [0.2, 0.25) is 5.91 Å². The number of nitrogens with zero attached hydrogens (tertiary/aromatic N) is 4. The third-order valence-electron chi connectivity index (χ3n) is 5.09. The SMILES string of the molecule is CCCCc1ccc(NC(=O)CSc2nnc(Cc3cccn3C)n2CCOC)cc1. The van der Waals surface area contributed by atoms with Crippen LogP contribution in [0, 0.1) is 0 Å². The van der Waals surface area contributed by atoms with Crippen molar-refractivity contribution in [1.82, 2.24) is 19.3 Å². The zero-order chi connectivity index (χ0) is 22.1. The molecule has 0 saturated carbocycles. The molecule has 0 radical (unpaired) electrons. The molecule has 7 nitrogen and oxygen atoms in total. The molecule has 166 valence electrons. The van der Waals surface area contributed by atoms with Crippen LogP contribution >= 0.6 is 11.8 Å². The number of unbranched alkanes of at least 4 members (excludes halogenated alkanes) is 1. The maximum absolute atomic E-state index is 12.5. The first kappa shape index (κ1) is 23.1. The van der Waals surface area contributed by atoms with Gasteiger partial charge in [-0.15, -0.1) is 10.2 Å². The van der Waals surface area contributed by atoms with E-state index in [4.69, 9.17) is 4.74 Å². The van der Waals surface area contributed by atoms with Crippen molar-refractivity contribution in [2.75, 3.05) is 24.8 Å². The summed E-state index contributed by atoms with van der Waals surface area (Å²) in [5, 5.41) is 12.4. The van der Waals surface area contributed by atoms with Gasteiger partial charge >= 0.3 is 0 Å². The molecule has 0 bridgehead atoms. The maximum atomic E-state index is 12.5. The van der Waals surface area contributed by atoms with Crippen molar-refractivity contribution in [3.63, 3.8) is 0 Å². The predicted octanol–water partition coefficient (Wildman–Crippen LogP) is 3.93. The van der Waals surface area contributed by atoms with Gasteiger partial charge in [-0.1, -0.05) is 37.2 Å². The smallest absolute Gasteiger partial charge is 0.234 e. The Kier molecular flexibility index (Phi) is 8.73. The van der Waals surface area contributed by atoms with E-state index < -0.39 is 0 Å². The molecule has 1 aromatic carbocycles. The standard InChI is InChI=1S/C23H31N5O2S/c1-4-5-7-18-9-11-19(12-10-18)24-22(29)17-31-23-26-25-21(28(23)14-15-30-3)16-20-8-6-13-27(20)2/h6,8-13H,4-5,7,14-17H2,1-3H3,(H,24,29). The minimum Gasteiger partial charge on any atom is -0.383 e. The molecule has 1 N–H and O–H groups in total. The molecule has 0 aliphatic heterocycles. The lowest BCUT2D eigenvalue weighted by atomic mass is 10.1. The number of carbonyl (C=O) groups is 1. The second-order valence-electron chi connectivity index (χ2n) is 7.47. The summed E-state index contributed by atoms with van der Waals surface area (Å²) in [6.07, 6.45) is 6.12. The fraction of sp³-hybridized carbons (Fsp3) is 0.435. The molecule has 2 aromatic heterocycles. The first-order valence-corrected chi connectivity index (χ1v) is 11.6. The highest BCUT2D eigenvalue weighted by Crippen LogP contribution is 2.20. The molecule has 3 aromatic rings. The molecule has 0 aliphatic carbocycles. The van der Waals surface area contributed by atoms with Gasteiger partial charge in [0.1, 0.15) is 5.82 Å². The van der Waals surface area contributed by atoms with Crippen LogP contribution in [0.3, 0.4) is 0 Å². The van der Waals surface area contributed by atoms with E-state index in [1.807, 2.05) is 36.0 Å². The highest BCUT2D eigenvalue weighted by atomic mass is 32.2. The summed E-state index contributed by atoms with van der Waals surface area (Å²) in [4.78, 5) is 12.5. The molecule has 0 fully saturated rings. The van der Waals surface area contributed by atoms with Crippen LogP contribution in [0.25, 0.3) is 0 Å². The molecule has 1 amide bonds. The lowest BCUT2D eigenvalue weighted by Crippen LogP contribution is -2.15. The van der Waals surface area contributed by atoms with Gasteiger partial charge in [0.25, 0.3) is 0 Å². The molecule has 0 atom stereocenters. The number of aryl methyl sites for hydroxylation is 2. The van der Waals surface area contributed by atoms with Gasteiger partial charge in [-0.2, -0.15) is 0 Å². The average molecular weight is 442 g/mol. The molecule has 31 heavy (non-hydrogen) atoms. The van der Waals surface area contributed by atoms with E-state index >= 15 is 0 Å². The summed E-state index contributed by atoms with van der Waals surface area (Å²) in [6.45, 7) is 3.39. The first-order chi connectivity index (χ1) is 15.1. The van der Waals surface area contributed by atoms with Crippen molar-refractivity contribution in [1.29, 1.82) is 0 Å². The number of carbonyl (C=O) groups excluding carboxylic acids is 1. The third kappa shape index (κ3) is 6.70. The predicted molar refractivity (Wildman–Crippen MR) is 125 cm³/mol. The van der Waals surface area contributed by atoms with Crippen LogP contribution in [0.2, 0.25) is 0 Å². The van der Waals surface area contributed by atoms with Gasteiger partial charge < -0.3 is 19.2 Å². The second kappa shape index (κ2) is 11.7. The Labute approximate surface area is 188 Å². The molecule has 0 spiro atoms. The summed E-state index contributed by atoms with van der Waals surface area (Å²) in [7, 11) is 3.69. The van der Waals surface area contributed by atoms with Crippen molar-refractivity contribution >= 4 is 23.4 Å². The van der Waals surface area contributed by atoms with Crippen LogP contribution in [0.4, 0.5) is 5.69 Å². The van der Waals surface area contributed by atoms with Gasteiger partial charge in [0.15, 0.2) is 5.16 Å². The number of anilines is 1. The van der Waals surface area contributed by atoms with Crippen LogP contribution < -0.4 is 5.32 Å². The summed E-state index contributed by atoms with van der Waals surface area (Å²) in [6, 6.07) is 12.2. The summed E-state index contributed by atoms with van der Waals surface area (Å²) in [5.74, 6) is 1.08. The largest absolute Gasteiger partial charge is 0.383 e. The number of amides is 1. The van der Waals surface area contributed by atoms with Crippen LogP contribution in [-0.4, -0.2) is 44.7 Å². The van der Waals surface area contributed by atoms with E-state index in [-0.39, 0.29) is 11.7 Å². The Balaban J connectivity index is 1.59. The molecule has 3 rings (SSSR count). The highest BCUT2D eigenvalue weighted by molar-refractivity contribution is 7.99. The minimum absolute atomic E-state index is 0.0587. The Morgan fingerprint density at radius 3 is 2.68 bits per heavy atom. The summed E-state index contributed by atoms with van der Waals surface area (Å²) in [5.41, 5.74) is 3.27. The van der Waals surface area contributed by atoms with Crippen molar-refractivity contribution < 1.29 is 9.53 Å². The maximum Gasteiger partial charge on any atom is 0.234 e. The molecular weight excluding hydrogens is 410 g/mol. The number of hydrogen-bond acceptors (Lipinski definition) is 5. The van der Waals surface area contributed by atoms with Crippen molar-refractivity contribution in [3.8, 4) is 0 Å². The number of nitrogens with one attached hydrogen (secondary N) is 1. The normalized spacial score (nSPS) is 11.1. The Hall–Kier alpha value is -2.58. The third-order valence-corrected chi connectivity index (χ3v) is 6.06. The van der Waals surface area contributed by atoms with Gasteiger partial charge in [-0.05, 0) is 42.7 Å². The number of rotatable bonds is 12. The highest BCUT2D eigenvalue weighted by Gasteiger charge is 2.15. The number of benzene rings is 1. The zero-order valence-electron chi connectivity index (χ0n) is 18.5. The van der Waals surface area contributed by atoms with E-state index in [1.165, 1.54) is 30.2 Å². The minimum atomic E-state index is -0.0587. The first-order valence-electron chi connectivity index (χ1n) is 10.6. The van der Waals surface area contributed by atoms with Gasteiger partial charge in [0, 0.05) is 44.7 Å². The monoisotopic (exact) mass is 441 g/mol. The van der Waals surface area contributed by atoms with Crippen LogP contribution in [0.15, 0.2) is 47.8 Å². The number of aromatic nitrogens is 4. The molecule has 0 saturated heterocycles. The van der Waals surface area contributed by atoms with Crippen molar-refractivity contribution in [2.24, 2.45) is 7.05 Å². The quantitative estimate of drug-likeness (QED) is 0.431. The molecule has 0 aliphatic rings. The van der Waals surface area contributed by atoms with Crippen molar-refractivity contribution in [2.45, 2.75) is 44.3 Å². The zero-order valence-corrected chi connectivity index (χ0v) is 19.3. The number of thioether (sulfide) groups is 1.